The van der Waals surface area contributed by atoms with Crippen LogP contribution >= 0.6 is 0 Å². The van der Waals surface area contributed by atoms with Gasteiger partial charge < -0.3 is 10.2 Å². The number of nitro groups is 1. The maximum absolute atomic E-state index is 14.5. The van der Waals surface area contributed by atoms with Crippen LogP contribution in [0, 0.1) is 10.1 Å². The van der Waals surface area contributed by atoms with E-state index in [1.165, 1.54) is 23.1 Å². The number of amides is 1. The summed E-state index contributed by atoms with van der Waals surface area (Å²) in [5.74, 6) is -1.19. The Morgan fingerprint density at radius 3 is 1.86 bits per heavy atom. The molecular formula is C28H17N3O5. The summed E-state index contributed by atoms with van der Waals surface area (Å²) in [7, 11) is 0. The molecule has 1 N–H and O–H groups in total. The normalized spacial score (nSPS) is 18.2. The number of carbonyl (C=O) groups is 3. The molecule has 0 radical (unpaired) electrons. The topological polar surface area (TPSA) is 110 Å². The highest BCUT2D eigenvalue weighted by atomic mass is 16.6. The van der Waals surface area contributed by atoms with E-state index in [1.54, 1.807) is 43.3 Å². The van der Waals surface area contributed by atoms with Crippen LogP contribution < -0.4 is 10.2 Å². The van der Waals surface area contributed by atoms with Crippen LogP contribution in [0.5, 0.6) is 0 Å². The highest BCUT2D eigenvalue weighted by molar-refractivity contribution is 6.37. The van der Waals surface area contributed by atoms with Crippen LogP contribution in [0.2, 0.25) is 0 Å². The van der Waals surface area contributed by atoms with Crippen molar-refractivity contribution in [3.63, 3.8) is 0 Å². The third kappa shape index (κ3) is 2.13. The number of rotatable bonds is 2. The SMILES string of the molecule is CCN1C(=O)C2(C3=C(NC4=C2C(=O)c2ccccc24)c2ccccc2C3=O)c2cc([N+](=O)[O-])ccc21. The van der Waals surface area contributed by atoms with Gasteiger partial charge in [0, 0.05) is 63.3 Å². The van der Waals surface area contributed by atoms with Crippen molar-refractivity contribution >= 4 is 40.2 Å². The second-order valence-corrected chi connectivity index (χ2v) is 9.13. The molecule has 0 saturated heterocycles. The Morgan fingerprint density at radius 1 is 0.833 bits per heavy atom. The lowest BCUT2D eigenvalue weighted by atomic mass is 9.65. The van der Waals surface area contributed by atoms with Gasteiger partial charge in [-0.25, -0.2) is 0 Å². The quantitative estimate of drug-likeness (QED) is 0.443. The van der Waals surface area contributed by atoms with Crippen molar-refractivity contribution in [2.24, 2.45) is 0 Å². The molecule has 8 nitrogen and oxygen atoms in total. The number of dihydropyridines is 1. The van der Waals surface area contributed by atoms with E-state index in [1.807, 2.05) is 12.1 Å². The van der Waals surface area contributed by atoms with E-state index in [2.05, 4.69) is 5.32 Å². The molecule has 1 amide bonds. The Labute approximate surface area is 204 Å². The molecule has 3 aromatic carbocycles. The predicted molar refractivity (Wildman–Crippen MR) is 131 cm³/mol. The molecule has 4 aliphatic rings. The van der Waals surface area contributed by atoms with Gasteiger partial charge in [0.15, 0.2) is 11.6 Å². The van der Waals surface area contributed by atoms with Crippen molar-refractivity contribution in [1.29, 1.82) is 0 Å². The fraction of sp³-hybridized carbons (Fsp3) is 0.107. The number of nitrogens with one attached hydrogen (secondary N) is 1. The molecule has 36 heavy (non-hydrogen) atoms. The first-order chi connectivity index (χ1) is 17.4. The summed E-state index contributed by atoms with van der Waals surface area (Å²) in [6.07, 6.45) is 0. The smallest absolute Gasteiger partial charge is 0.269 e. The average molecular weight is 475 g/mol. The number of benzene rings is 3. The lowest BCUT2D eigenvalue weighted by molar-refractivity contribution is -0.384. The van der Waals surface area contributed by atoms with Crippen LogP contribution in [0.3, 0.4) is 0 Å². The molecule has 0 bridgehead atoms. The molecule has 174 valence electrons. The van der Waals surface area contributed by atoms with Crippen LogP contribution in [0.1, 0.15) is 44.3 Å². The third-order valence-electron chi connectivity index (χ3n) is 7.60. The number of likely N-dealkylation sites (N-methyl/N-ethyl adjacent to an activating group) is 1. The molecule has 7 rings (SSSR count). The van der Waals surface area contributed by atoms with E-state index in [0.717, 1.165) is 0 Å². The van der Waals surface area contributed by atoms with Crippen molar-refractivity contribution in [3.05, 3.63) is 116 Å². The van der Waals surface area contributed by atoms with Gasteiger partial charge in [0.2, 0.25) is 5.91 Å². The Morgan fingerprint density at radius 2 is 1.36 bits per heavy atom. The summed E-state index contributed by atoms with van der Waals surface area (Å²) < 4.78 is 0. The number of nitro benzene ring substituents is 1. The van der Waals surface area contributed by atoms with Crippen molar-refractivity contribution in [2.45, 2.75) is 12.3 Å². The summed E-state index contributed by atoms with van der Waals surface area (Å²) >= 11 is 0. The second kappa shape index (κ2) is 6.63. The van der Waals surface area contributed by atoms with Crippen LogP contribution in [0.4, 0.5) is 11.4 Å². The zero-order valence-electron chi connectivity index (χ0n) is 19.0. The fourth-order valence-electron chi connectivity index (χ4n) is 6.19. The van der Waals surface area contributed by atoms with Gasteiger partial charge in [0.05, 0.1) is 16.3 Å². The minimum Gasteiger partial charge on any atom is -0.354 e. The van der Waals surface area contributed by atoms with Crippen LogP contribution in [-0.2, 0) is 10.2 Å². The molecule has 3 aromatic rings. The number of Topliss-reactive ketones (excluding diaryl/α,β-unsaturated/α-hetero) is 2. The van der Waals surface area contributed by atoms with Crippen LogP contribution in [-0.4, -0.2) is 28.9 Å². The highest BCUT2D eigenvalue weighted by Crippen LogP contribution is 2.60. The molecule has 2 heterocycles. The highest BCUT2D eigenvalue weighted by Gasteiger charge is 2.65. The van der Waals surface area contributed by atoms with E-state index in [-0.39, 0.29) is 40.5 Å². The number of fused-ring (bicyclic) bond motifs is 8. The van der Waals surface area contributed by atoms with E-state index in [4.69, 9.17) is 0 Å². The van der Waals surface area contributed by atoms with E-state index in [0.29, 0.717) is 39.3 Å². The zero-order valence-corrected chi connectivity index (χ0v) is 19.0. The van der Waals surface area contributed by atoms with Gasteiger partial charge >= 0.3 is 0 Å². The van der Waals surface area contributed by atoms with E-state index >= 15 is 0 Å². The van der Waals surface area contributed by atoms with Crippen molar-refractivity contribution in [1.82, 2.24) is 5.32 Å². The van der Waals surface area contributed by atoms with Gasteiger partial charge in [-0.1, -0.05) is 48.5 Å². The van der Waals surface area contributed by atoms with Crippen molar-refractivity contribution < 1.29 is 19.3 Å². The van der Waals surface area contributed by atoms with Crippen LogP contribution in [0.25, 0.3) is 11.4 Å². The van der Waals surface area contributed by atoms with Crippen molar-refractivity contribution in [2.75, 3.05) is 11.4 Å². The first kappa shape index (κ1) is 20.5. The van der Waals surface area contributed by atoms with E-state index in [9.17, 15) is 24.5 Å². The molecule has 0 atom stereocenters. The zero-order chi connectivity index (χ0) is 24.9. The van der Waals surface area contributed by atoms with Crippen LogP contribution in [0.15, 0.2) is 77.9 Å². The first-order valence-electron chi connectivity index (χ1n) is 11.6. The molecule has 0 aromatic heterocycles. The fourth-order valence-corrected chi connectivity index (χ4v) is 6.19. The number of ketones is 2. The van der Waals surface area contributed by atoms with Gasteiger partial charge in [-0.15, -0.1) is 0 Å². The maximum Gasteiger partial charge on any atom is 0.269 e. The molecule has 8 heteroatoms. The molecule has 2 aliphatic carbocycles. The van der Waals surface area contributed by atoms with Gasteiger partial charge in [0.25, 0.3) is 5.69 Å². The molecule has 0 fully saturated rings. The van der Waals surface area contributed by atoms with Gasteiger partial charge in [0.1, 0.15) is 5.41 Å². The van der Waals surface area contributed by atoms with Gasteiger partial charge in [-0.3, -0.25) is 24.5 Å². The van der Waals surface area contributed by atoms with Gasteiger partial charge in [-0.2, -0.15) is 0 Å². The number of hydrogen-bond acceptors (Lipinski definition) is 6. The summed E-state index contributed by atoms with van der Waals surface area (Å²) in [6, 6.07) is 18.3. The lowest BCUT2D eigenvalue weighted by Gasteiger charge is -2.35. The standard InChI is InChI=1S/C28H17N3O5/c1-2-30-20-12-11-14(31(35)36)13-19(20)28(27(30)34)21-23(15-7-3-5-9-17(15)25(21)32)29-24-16-8-4-6-10-18(16)26(33)22(24)28/h3-13,29H,2H2,1H3. The molecular weight excluding hydrogens is 458 g/mol. The Kier molecular flexibility index (Phi) is 3.78. The number of carbonyl (C=O) groups excluding carboxylic acids is 3. The summed E-state index contributed by atoms with van der Waals surface area (Å²) in [5, 5.41) is 15.1. The van der Waals surface area contributed by atoms with Crippen molar-refractivity contribution in [3.8, 4) is 0 Å². The minimum absolute atomic E-state index is 0.145. The number of hydrogen-bond donors (Lipinski definition) is 1. The number of anilines is 1. The maximum atomic E-state index is 14.5. The Bertz CT molecular complexity index is 1620. The number of non-ortho nitro benzene ring substituents is 1. The third-order valence-corrected chi connectivity index (χ3v) is 7.60. The number of nitrogens with zero attached hydrogens (tertiary/aromatic N) is 2. The molecule has 2 aliphatic heterocycles. The minimum atomic E-state index is -1.81. The average Bonchev–Trinajstić information content (AvgIpc) is 3.44. The lowest BCUT2D eigenvalue weighted by Crippen LogP contribution is -2.48. The summed E-state index contributed by atoms with van der Waals surface area (Å²) in [5.41, 5.74) is 2.05. The van der Waals surface area contributed by atoms with Gasteiger partial charge in [-0.05, 0) is 13.0 Å². The largest absolute Gasteiger partial charge is 0.354 e. The predicted octanol–water partition coefficient (Wildman–Crippen LogP) is 4.02. The summed E-state index contributed by atoms with van der Waals surface area (Å²) in [4.78, 5) is 55.2. The molecule has 0 unspecified atom stereocenters. The first-order valence-corrected chi connectivity index (χ1v) is 11.6. The Hall–Kier alpha value is -4.85. The second-order valence-electron chi connectivity index (χ2n) is 9.13. The monoisotopic (exact) mass is 475 g/mol. The molecule has 0 saturated carbocycles. The molecule has 1 spiro atoms. The Balaban J connectivity index is 1.65. The van der Waals surface area contributed by atoms with E-state index < -0.39 is 16.2 Å². The summed E-state index contributed by atoms with van der Waals surface area (Å²) in [6.45, 7) is 2.07.